The summed E-state index contributed by atoms with van der Waals surface area (Å²) in [5.41, 5.74) is 8.58. The van der Waals surface area contributed by atoms with Crippen LogP contribution >= 0.6 is 0 Å². The Hall–Kier alpha value is -3.09. The number of carbonyl (C=O) groups excluding carboxylic acids is 1. The van der Waals surface area contributed by atoms with Crippen LogP contribution in [0.4, 0.5) is 11.4 Å². The second-order valence-corrected chi connectivity index (χ2v) is 5.12. The van der Waals surface area contributed by atoms with Crippen LogP contribution < -0.4 is 10.9 Å². The van der Waals surface area contributed by atoms with E-state index in [1.807, 2.05) is 0 Å². The number of pyridine rings is 1. The molecule has 0 amide bonds. The number of aromatic carboxylic acids is 1. The lowest BCUT2D eigenvalue weighted by Crippen LogP contribution is -2.15. The number of anilines is 2. The number of carbonyl (C=O) groups is 2. The SMILES string of the molecule is CCOC(=O)c1ccc(NNc2cc(C)nc(C)c2C(=O)O)cc1. The average Bonchev–Trinajstić information content (AvgIpc) is 2.52. The maximum Gasteiger partial charge on any atom is 0.339 e. The average molecular weight is 329 g/mol. The zero-order valence-electron chi connectivity index (χ0n) is 13.7. The molecule has 7 nitrogen and oxygen atoms in total. The zero-order chi connectivity index (χ0) is 17.7. The summed E-state index contributed by atoms with van der Waals surface area (Å²) in [7, 11) is 0. The molecule has 0 spiro atoms. The molecule has 1 aromatic heterocycles. The van der Waals surface area contributed by atoms with Crippen LogP contribution in [0.5, 0.6) is 0 Å². The van der Waals surface area contributed by atoms with Gasteiger partial charge < -0.3 is 15.3 Å². The minimum atomic E-state index is -1.05. The Labute approximate surface area is 139 Å². The van der Waals surface area contributed by atoms with Gasteiger partial charge in [0.2, 0.25) is 0 Å². The van der Waals surface area contributed by atoms with E-state index in [1.54, 1.807) is 51.1 Å². The third-order valence-corrected chi connectivity index (χ3v) is 3.28. The number of aromatic nitrogens is 1. The molecule has 3 N–H and O–H groups in total. The molecular weight excluding hydrogens is 310 g/mol. The Balaban J connectivity index is 2.14. The van der Waals surface area contributed by atoms with Gasteiger partial charge >= 0.3 is 11.9 Å². The molecule has 0 bridgehead atoms. The smallest absolute Gasteiger partial charge is 0.339 e. The van der Waals surface area contributed by atoms with Crippen molar-refractivity contribution in [1.29, 1.82) is 0 Å². The number of nitrogens with one attached hydrogen (secondary N) is 2. The van der Waals surface area contributed by atoms with E-state index in [9.17, 15) is 14.7 Å². The maximum absolute atomic E-state index is 11.6. The van der Waals surface area contributed by atoms with Crippen LogP contribution in [-0.2, 0) is 4.74 Å². The van der Waals surface area contributed by atoms with Gasteiger partial charge in [-0.25, -0.2) is 9.59 Å². The predicted molar refractivity (Wildman–Crippen MR) is 90.3 cm³/mol. The van der Waals surface area contributed by atoms with Crippen LogP contribution in [0.3, 0.4) is 0 Å². The molecule has 2 rings (SSSR count). The minimum absolute atomic E-state index is 0.108. The third kappa shape index (κ3) is 4.01. The van der Waals surface area contributed by atoms with Crippen LogP contribution in [-0.4, -0.2) is 28.6 Å². The van der Waals surface area contributed by atoms with E-state index < -0.39 is 5.97 Å². The molecule has 1 aromatic carbocycles. The zero-order valence-corrected chi connectivity index (χ0v) is 13.7. The van der Waals surface area contributed by atoms with Gasteiger partial charge in [0.1, 0.15) is 5.56 Å². The van der Waals surface area contributed by atoms with Crippen molar-refractivity contribution in [1.82, 2.24) is 4.98 Å². The number of nitrogens with zero attached hydrogens (tertiary/aromatic N) is 1. The fourth-order valence-electron chi connectivity index (χ4n) is 2.24. The summed E-state index contributed by atoms with van der Waals surface area (Å²) < 4.78 is 4.92. The van der Waals surface area contributed by atoms with Crippen molar-refractivity contribution < 1.29 is 19.4 Å². The molecular formula is C17H19N3O4. The number of hydrazine groups is 1. The van der Waals surface area contributed by atoms with E-state index in [0.717, 1.165) is 0 Å². The molecule has 7 heteroatoms. The molecule has 0 fully saturated rings. The first kappa shape index (κ1) is 17.3. The van der Waals surface area contributed by atoms with Crippen molar-refractivity contribution in [2.45, 2.75) is 20.8 Å². The highest BCUT2D eigenvalue weighted by molar-refractivity contribution is 5.95. The molecule has 2 aromatic rings. The number of carboxylic acids is 1. The summed E-state index contributed by atoms with van der Waals surface area (Å²) in [5.74, 6) is -1.44. The summed E-state index contributed by atoms with van der Waals surface area (Å²) in [4.78, 5) is 27.1. The van der Waals surface area contributed by atoms with Crippen LogP contribution in [0.15, 0.2) is 30.3 Å². The Morgan fingerprint density at radius 1 is 1.17 bits per heavy atom. The van der Waals surface area contributed by atoms with Crippen LogP contribution in [0.1, 0.15) is 39.0 Å². The second-order valence-electron chi connectivity index (χ2n) is 5.12. The number of hydrogen-bond acceptors (Lipinski definition) is 6. The number of benzene rings is 1. The number of esters is 1. The van der Waals surface area contributed by atoms with E-state index >= 15 is 0 Å². The maximum atomic E-state index is 11.6. The first-order valence-electron chi connectivity index (χ1n) is 7.43. The Kier molecular flexibility index (Phi) is 5.36. The van der Waals surface area contributed by atoms with Crippen LogP contribution in [0.2, 0.25) is 0 Å². The summed E-state index contributed by atoms with van der Waals surface area (Å²) in [6, 6.07) is 8.30. The molecule has 0 saturated heterocycles. The highest BCUT2D eigenvalue weighted by Crippen LogP contribution is 2.20. The fraction of sp³-hybridized carbons (Fsp3) is 0.235. The lowest BCUT2D eigenvalue weighted by Gasteiger charge is -2.14. The van der Waals surface area contributed by atoms with E-state index in [2.05, 4.69) is 15.8 Å². The molecule has 24 heavy (non-hydrogen) atoms. The van der Waals surface area contributed by atoms with Gasteiger partial charge in [-0.3, -0.25) is 10.4 Å². The van der Waals surface area contributed by atoms with Gasteiger partial charge in [0.25, 0.3) is 0 Å². The first-order chi connectivity index (χ1) is 11.4. The van der Waals surface area contributed by atoms with Crippen LogP contribution in [0, 0.1) is 13.8 Å². The Morgan fingerprint density at radius 2 is 1.83 bits per heavy atom. The number of rotatable bonds is 6. The van der Waals surface area contributed by atoms with Crippen molar-refractivity contribution in [2.24, 2.45) is 0 Å². The Bertz CT molecular complexity index is 757. The monoisotopic (exact) mass is 329 g/mol. The van der Waals surface area contributed by atoms with Gasteiger partial charge in [-0.1, -0.05) is 0 Å². The van der Waals surface area contributed by atoms with E-state index in [-0.39, 0.29) is 11.5 Å². The van der Waals surface area contributed by atoms with Gasteiger partial charge in [0, 0.05) is 5.69 Å². The summed E-state index contributed by atoms with van der Waals surface area (Å²) in [6.45, 7) is 5.50. The molecule has 0 aliphatic rings. The lowest BCUT2D eigenvalue weighted by molar-refractivity contribution is 0.0526. The topological polar surface area (TPSA) is 101 Å². The van der Waals surface area contributed by atoms with E-state index in [1.165, 1.54) is 0 Å². The fourth-order valence-corrected chi connectivity index (χ4v) is 2.24. The molecule has 126 valence electrons. The van der Waals surface area contributed by atoms with Gasteiger partial charge in [-0.15, -0.1) is 0 Å². The van der Waals surface area contributed by atoms with Gasteiger partial charge in [0.15, 0.2) is 0 Å². The molecule has 0 aliphatic carbocycles. The quantitative estimate of drug-likeness (QED) is 0.553. The summed E-state index contributed by atoms with van der Waals surface area (Å²) in [5, 5.41) is 9.32. The van der Waals surface area contributed by atoms with E-state index in [0.29, 0.717) is 34.9 Å². The number of carboxylic acid groups (broad SMARTS) is 1. The first-order valence-corrected chi connectivity index (χ1v) is 7.43. The van der Waals surface area contributed by atoms with Gasteiger partial charge in [-0.05, 0) is 51.1 Å². The molecule has 1 heterocycles. The molecule has 0 saturated carbocycles. The molecule has 0 unspecified atom stereocenters. The summed E-state index contributed by atoms with van der Waals surface area (Å²) >= 11 is 0. The molecule has 0 radical (unpaired) electrons. The predicted octanol–water partition coefficient (Wildman–Crippen LogP) is 3.01. The van der Waals surface area contributed by atoms with Gasteiger partial charge in [-0.2, -0.15) is 0 Å². The van der Waals surface area contributed by atoms with Crippen LogP contribution in [0.25, 0.3) is 0 Å². The molecule has 0 atom stereocenters. The third-order valence-electron chi connectivity index (χ3n) is 3.28. The van der Waals surface area contributed by atoms with E-state index in [4.69, 9.17) is 4.74 Å². The number of aryl methyl sites for hydroxylation is 2. The highest BCUT2D eigenvalue weighted by atomic mass is 16.5. The largest absolute Gasteiger partial charge is 0.478 e. The normalized spacial score (nSPS) is 10.1. The Morgan fingerprint density at radius 3 is 2.42 bits per heavy atom. The number of hydrogen-bond donors (Lipinski definition) is 3. The van der Waals surface area contributed by atoms with Crippen molar-refractivity contribution in [3.8, 4) is 0 Å². The standard InChI is InChI=1S/C17H19N3O4/c1-4-24-17(23)12-5-7-13(8-6-12)19-20-14-9-10(2)18-11(3)15(14)16(21)22/h5-9,19H,4H2,1-3H3,(H,18,20)(H,21,22). The van der Waals surface area contributed by atoms with Gasteiger partial charge in [0.05, 0.1) is 29.2 Å². The van der Waals surface area contributed by atoms with Crippen molar-refractivity contribution >= 4 is 23.3 Å². The second kappa shape index (κ2) is 7.45. The lowest BCUT2D eigenvalue weighted by atomic mass is 10.1. The van der Waals surface area contributed by atoms with Crippen molar-refractivity contribution in [3.05, 3.63) is 52.8 Å². The van der Waals surface area contributed by atoms with Crippen molar-refractivity contribution in [3.63, 3.8) is 0 Å². The van der Waals surface area contributed by atoms with Crippen molar-refractivity contribution in [2.75, 3.05) is 17.5 Å². The summed E-state index contributed by atoms with van der Waals surface area (Å²) in [6.07, 6.45) is 0. The minimum Gasteiger partial charge on any atom is -0.478 e. The number of ether oxygens (including phenoxy) is 1. The highest BCUT2D eigenvalue weighted by Gasteiger charge is 2.15. The molecule has 0 aliphatic heterocycles.